The average Bonchev–Trinajstić information content (AvgIpc) is 2.30. The second kappa shape index (κ2) is 5.93. The molecule has 0 amide bonds. The largest absolute Gasteiger partial charge is 0.493 e. The summed E-state index contributed by atoms with van der Waals surface area (Å²) < 4.78 is 5.73. The maximum Gasteiger partial charge on any atom is 0.122 e. The first-order valence-electron chi connectivity index (χ1n) is 6.43. The van der Waals surface area contributed by atoms with E-state index in [1.165, 1.54) is 17.5 Å². The first-order chi connectivity index (χ1) is 7.68. The molecule has 0 N–H and O–H groups in total. The Bertz CT molecular complexity index is 328. The van der Waals surface area contributed by atoms with Gasteiger partial charge in [-0.3, -0.25) is 0 Å². The lowest BCUT2D eigenvalue weighted by atomic mass is 9.89. The van der Waals surface area contributed by atoms with Gasteiger partial charge in [0.05, 0.1) is 6.61 Å². The molecule has 0 aliphatic carbocycles. The quantitative estimate of drug-likeness (QED) is 0.681. The van der Waals surface area contributed by atoms with Crippen LogP contribution >= 0.6 is 0 Å². The molecule has 0 radical (unpaired) electrons. The van der Waals surface area contributed by atoms with Gasteiger partial charge in [-0.1, -0.05) is 46.8 Å². The average molecular weight is 220 g/mol. The molecule has 1 heteroatoms. The SMILES string of the molecule is CC.CC1COc2cccc(C(C)C)c2C1. The number of benzene rings is 1. The number of fused-ring (bicyclic) bond motifs is 1. The summed E-state index contributed by atoms with van der Waals surface area (Å²) in [5.41, 5.74) is 2.88. The zero-order valence-corrected chi connectivity index (χ0v) is 11.2. The summed E-state index contributed by atoms with van der Waals surface area (Å²) in [6, 6.07) is 6.42. The van der Waals surface area contributed by atoms with Crippen LogP contribution in [0.25, 0.3) is 0 Å². The van der Waals surface area contributed by atoms with E-state index in [0.717, 1.165) is 12.4 Å². The minimum Gasteiger partial charge on any atom is -0.493 e. The molecule has 16 heavy (non-hydrogen) atoms. The van der Waals surface area contributed by atoms with Gasteiger partial charge in [-0.15, -0.1) is 0 Å². The fourth-order valence-corrected chi connectivity index (χ4v) is 2.12. The summed E-state index contributed by atoms with van der Waals surface area (Å²) in [6.07, 6.45) is 1.17. The Kier molecular flexibility index (Phi) is 4.85. The van der Waals surface area contributed by atoms with E-state index >= 15 is 0 Å². The van der Waals surface area contributed by atoms with Gasteiger partial charge in [0.15, 0.2) is 0 Å². The smallest absolute Gasteiger partial charge is 0.122 e. The van der Waals surface area contributed by atoms with Crippen molar-refractivity contribution >= 4 is 0 Å². The predicted molar refractivity (Wildman–Crippen MR) is 70.2 cm³/mol. The van der Waals surface area contributed by atoms with E-state index in [4.69, 9.17) is 4.74 Å². The molecule has 0 aromatic heterocycles. The first-order valence-corrected chi connectivity index (χ1v) is 6.43. The van der Waals surface area contributed by atoms with E-state index in [2.05, 4.69) is 39.0 Å². The Morgan fingerprint density at radius 1 is 1.25 bits per heavy atom. The highest BCUT2D eigenvalue weighted by Crippen LogP contribution is 2.33. The van der Waals surface area contributed by atoms with Gasteiger partial charge in [-0.2, -0.15) is 0 Å². The maximum atomic E-state index is 5.73. The minimum atomic E-state index is 0.596. The van der Waals surface area contributed by atoms with Crippen molar-refractivity contribution < 1.29 is 4.74 Å². The van der Waals surface area contributed by atoms with Gasteiger partial charge in [0.25, 0.3) is 0 Å². The summed E-state index contributed by atoms with van der Waals surface area (Å²) in [7, 11) is 0. The van der Waals surface area contributed by atoms with Crippen LogP contribution < -0.4 is 4.74 Å². The van der Waals surface area contributed by atoms with Crippen LogP contribution in [-0.4, -0.2) is 6.61 Å². The third-order valence-corrected chi connectivity index (χ3v) is 2.87. The van der Waals surface area contributed by atoms with Crippen LogP contribution in [0.3, 0.4) is 0 Å². The Balaban J connectivity index is 0.000000606. The van der Waals surface area contributed by atoms with Gasteiger partial charge in [-0.25, -0.2) is 0 Å². The van der Waals surface area contributed by atoms with Crippen molar-refractivity contribution in [2.45, 2.75) is 47.0 Å². The van der Waals surface area contributed by atoms with Crippen LogP contribution in [0, 0.1) is 5.92 Å². The van der Waals surface area contributed by atoms with Crippen molar-refractivity contribution in [3.05, 3.63) is 29.3 Å². The van der Waals surface area contributed by atoms with Gasteiger partial charge < -0.3 is 4.74 Å². The second-order valence-electron chi connectivity index (χ2n) is 4.60. The fraction of sp³-hybridized carbons (Fsp3) is 0.600. The van der Waals surface area contributed by atoms with Crippen LogP contribution in [0.4, 0.5) is 0 Å². The Labute approximate surface area is 99.8 Å². The van der Waals surface area contributed by atoms with Gasteiger partial charge in [0.2, 0.25) is 0 Å². The summed E-state index contributed by atoms with van der Waals surface area (Å²) >= 11 is 0. The summed E-state index contributed by atoms with van der Waals surface area (Å²) in [6.45, 7) is 11.6. The van der Waals surface area contributed by atoms with E-state index < -0.39 is 0 Å². The Hall–Kier alpha value is -0.980. The van der Waals surface area contributed by atoms with Crippen LogP contribution in [0.5, 0.6) is 5.75 Å². The fourth-order valence-electron chi connectivity index (χ4n) is 2.12. The van der Waals surface area contributed by atoms with E-state index in [-0.39, 0.29) is 0 Å². The zero-order chi connectivity index (χ0) is 12.1. The summed E-state index contributed by atoms with van der Waals surface area (Å²) in [5.74, 6) is 2.36. The molecule has 1 nitrogen and oxygen atoms in total. The lowest BCUT2D eigenvalue weighted by Gasteiger charge is -2.25. The number of ether oxygens (including phenoxy) is 1. The Morgan fingerprint density at radius 3 is 2.56 bits per heavy atom. The number of hydrogen-bond donors (Lipinski definition) is 0. The molecule has 1 aliphatic heterocycles. The number of hydrogen-bond acceptors (Lipinski definition) is 1. The molecule has 1 aromatic rings. The van der Waals surface area contributed by atoms with Crippen molar-refractivity contribution in [3.8, 4) is 5.75 Å². The normalized spacial score (nSPS) is 18.2. The monoisotopic (exact) mass is 220 g/mol. The van der Waals surface area contributed by atoms with Crippen molar-refractivity contribution in [3.63, 3.8) is 0 Å². The molecular formula is C15H24O. The molecular weight excluding hydrogens is 196 g/mol. The van der Waals surface area contributed by atoms with E-state index in [1.54, 1.807) is 0 Å². The van der Waals surface area contributed by atoms with Crippen molar-refractivity contribution in [2.75, 3.05) is 6.61 Å². The molecule has 1 unspecified atom stereocenters. The molecule has 1 aliphatic rings. The van der Waals surface area contributed by atoms with Crippen molar-refractivity contribution in [2.24, 2.45) is 5.92 Å². The lowest BCUT2D eigenvalue weighted by molar-refractivity contribution is 0.233. The van der Waals surface area contributed by atoms with E-state index in [9.17, 15) is 0 Å². The predicted octanol–water partition coefficient (Wildman–Crippen LogP) is 4.41. The molecule has 1 atom stereocenters. The molecule has 1 aromatic carbocycles. The lowest BCUT2D eigenvalue weighted by Crippen LogP contribution is -2.19. The minimum absolute atomic E-state index is 0.596. The molecule has 0 saturated heterocycles. The van der Waals surface area contributed by atoms with Crippen molar-refractivity contribution in [1.29, 1.82) is 0 Å². The van der Waals surface area contributed by atoms with Crippen LogP contribution in [0.1, 0.15) is 51.7 Å². The van der Waals surface area contributed by atoms with E-state index in [0.29, 0.717) is 11.8 Å². The number of rotatable bonds is 1. The first kappa shape index (κ1) is 13.1. The summed E-state index contributed by atoms with van der Waals surface area (Å²) in [5, 5.41) is 0. The van der Waals surface area contributed by atoms with E-state index in [1.807, 2.05) is 13.8 Å². The topological polar surface area (TPSA) is 9.23 Å². The molecule has 0 spiro atoms. The molecule has 0 bridgehead atoms. The van der Waals surface area contributed by atoms with Crippen LogP contribution in [0.15, 0.2) is 18.2 Å². The highest BCUT2D eigenvalue weighted by Gasteiger charge is 2.19. The molecule has 2 rings (SSSR count). The van der Waals surface area contributed by atoms with Gasteiger partial charge in [0, 0.05) is 0 Å². The molecule has 1 heterocycles. The van der Waals surface area contributed by atoms with Gasteiger partial charge in [-0.05, 0) is 35.4 Å². The van der Waals surface area contributed by atoms with Crippen LogP contribution in [0.2, 0.25) is 0 Å². The third kappa shape index (κ3) is 2.78. The van der Waals surface area contributed by atoms with Crippen LogP contribution in [-0.2, 0) is 6.42 Å². The van der Waals surface area contributed by atoms with Crippen molar-refractivity contribution in [1.82, 2.24) is 0 Å². The third-order valence-electron chi connectivity index (χ3n) is 2.87. The second-order valence-corrected chi connectivity index (χ2v) is 4.60. The maximum absolute atomic E-state index is 5.73. The highest BCUT2D eigenvalue weighted by molar-refractivity contribution is 5.43. The zero-order valence-electron chi connectivity index (χ0n) is 11.2. The summed E-state index contributed by atoms with van der Waals surface area (Å²) in [4.78, 5) is 0. The Morgan fingerprint density at radius 2 is 1.94 bits per heavy atom. The van der Waals surface area contributed by atoms with Gasteiger partial charge >= 0.3 is 0 Å². The standard InChI is InChI=1S/C13H18O.C2H6/c1-9(2)11-5-4-6-13-12(11)7-10(3)8-14-13;1-2/h4-6,9-10H,7-8H2,1-3H3;1-2H3. The molecule has 90 valence electrons. The molecule has 0 saturated carbocycles. The molecule has 0 fully saturated rings. The highest BCUT2D eigenvalue weighted by atomic mass is 16.5. The van der Waals surface area contributed by atoms with Gasteiger partial charge in [0.1, 0.15) is 5.75 Å².